The Morgan fingerprint density at radius 2 is 1.73 bits per heavy atom. The van der Waals surface area contributed by atoms with Crippen molar-refractivity contribution in [2.24, 2.45) is 11.8 Å². The number of nitrogens with zero attached hydrogens (tertiary/aromatic N) is 1. The number of aliphatic hydroxyl groups excluding tert-OH is 2. The maximum absolute atomic E-state index is 13.2. The normalized spacial score (nSPS) is 20.2. The largest absolute Gasteiger partial charge is 0.390 e. The number of unbranched alkanes of at least 4 members (excludes halogenated alkanes) is 2. The zero-order valence-corrected chi connectivity index (χ0v) is 25.9. The molecule has 238 valence electrons. The Bertz CT molecular complexity index is 890. The number of morpholine rings is 1. The van der Waals surface area contributed by atoms with Crippen LogP contribution in [0.2, 0.25) is 0 Å². The Hall–Kier alpha value is -1.57. The van der Waals surface area contributed by atoms with Crippen molar-refractivity contribution in [3.63, 3.8) is 0 Å². The first kappa shape index (κ1) is 35.6. The third-order valence-corrected chi connectivity index (χ3v) is 9.53. The van der Waals surface area contributed by atoms with Crippen LogP contribution in [0.3, 0.4) is 0 Å². The molecular formula is C29H54N4O7S. The van der Waals surface area contributed by atoms with Gasteiger partial charge in [0.05, 0.1) is 38.0 Å². The van der Waals surface area contributed by atoms with Gasteiger partial charge in [-0.15, -0.1) is 6.58 Å². The van der Waals surface area contributed by atoms with Gasteiger partial charge in [0, 0.05) is 13.1 Å². The predicted octanol–water partition coefficient (Wildman–Crippen LogP) is 2.00. The molecule has 0 radical (unpaired) electrons. The molecule has 5 N–H and O–H groups in total. The molecule has 0 unspecified atom stereocenters. The van der Waals surface area contributed by atoms with E-state index in [0.29, 0.717) is 12.8 Å². The van der Waals surface area contributed by atoms with E-state index < -0.39 is 52.9 Å². The van der Waals surface area contributed by atoms with Gasteiger partial charge in [-0.3, -0.25) is 9.59 Å². The maximum atomic E-state index is 13.2. The van der Waals surface area contributed by atoms with Crippen LogP contribution in [0.25, 0.3) is 0 Å². The van der Waals surface area contributed by atoms with Crippen molar-refractivity contribution < 1.29 is 33.0 Å². The van der Waals surface area contributed by atoms with Gasteiger partial charge in [0.2, 0.25) is 11.8 Å². The van der Waals surface area contributed by atoms with Gasteiger partial charge in [-0.05, 0) is 31.1 Å². The number of hydrogen-bond donors (Lipinski definition) is 5. The summed E-state index contributed by atoms with van der Waals surface area (Å²) in [6.45, 7) is 8.03. The average molecular weight is 603 g/mol. The molecule has 2 aliphatic rings. The molecule has 2 rings (SSSR count). The number of carbonyl (C=O) groups excluding carboxylic acids is 2. The number of hydrogen-bond acceptors (Lipinski definition) is 7. The Balaban J connectivity index is 1.93. The Morgan fingerprint density at radius 1 is 1.05 bits per heavy atom. The van der Waals surface area contributed by atoms with Gasteiger partial charge < -0.3 is 25.6 Å². The summed E-state index contributed by atoms with van der Waals surface area (Å²) in [6, 6.07) is -1.69. The van der Waals surface area contributed by atoms with E-state index in [4.69, 9.17) is 4.74 Å². The molecule has 0 aromatic carbocycles. The van der Waals surface area contributed by atoms with Crippen LogP contribution in [0.15, 0.2) is 12.7 Å². The van der Waals surface area contributed by atoms with Crippen molar-refractivity contribution in [2.45, 2.75) is 115 Å². The van der Waals surface area contributed by atoms with E-state index in [-0.39, 0.29) is 38.6 Å². The molecule has 0 aromatic rings. The first-order valence-corrected chi connectivity index (χ1v) is 16.9. The summed E-state index contributed by atoms with van der Waals surface area (Å²) in [6.07, 6.45) is 11.0. The fourth-order valence-corrected chi connectivity index (χ4v) is 6.76. The summed E-state index contributed by atoms with van der Waals surface area (Å²) in [5.41, 5.74) is 0. The van der Waals surface area contributed by atoms with Crippen molar-refractivity contribution in [3.05, 3.63) is 12.7 Å². The standard InChI is InChI=1S/C29H54N4O7S/c1-4-11-25(31-27(35)21-30-41(38,39)33-16-18-40-19-17-33)29(37)32-24(28(36)26(34)20-22(2)3)15-10-6-9-14-23-12-7-5-8-13-23/h4,22-26,28,30,34,36H,1,5-21H2,2-3H3,(H,31,35)(H,32,37)/t24-,25-,26-,28+/m0/s1. The highest BCUT2D eigenvalue weighted by atomic mass is 32.2. The molecule has 1 aliphatic carbocycles. The minimum Gasteiger partial charge on any atom is -0.390 e. The summed E-state index contributed by atoms with van der Waals surface area (Å²) in [4.78, 5) is 25.8. The molecule has 1 saturated heterocycles. The first-order chi connectivity index (χ1) is 19.5. The lowest BCUT2D eigenvalue weighted by Crippen LogP contribution is -2.56. The summed E-state index contributed by atoms with van der Waals surface area (Å²) in [7, 11) is -3.86. The van der Waals surface area contributed by atoms with Gasteiger partial charge in [0.25, 0.3) is 10.2 Å². The number of amides is 2. The van der Waals surface area contributed by atoms with E-state index in [1.54, 1.807) is 0 Å². The van der Waals surface area contributed by atoms with Gasteiger partial charge in [0.15, 0.2) is 0 Å². The van der Waals surface area contributed by atoms with Gasteiger partial charge >= 0.3 is 0 Å². The second kappa shape index (κ2) is 18.9. The summed E-state index contributed by atoms with van der Waals surface area (Å²) in [5, 5.41) is 27.0. The second-order valence-corrected chi connectivity index (χ2v) is 13.7. The third-order valence-electron chi connectivity index (χ3n) is 7.98. The number of ether oxygens (including phenoxy) is 1. The average Bonchev–Trinajstić information content (AvgIpc) is 2.95. The van der Waals surface area contributed by atoms with E-state index in [1.165, 1.54) is 48.9 Å². The van der Waals surface area contributed by atoms with Crippen molar-refractivity contribution in [1.29, 1.82) is 0 Å². The van der Waals surface area contributed by atoms with Crippen LogP contribution in [0, 0.1) is 11.8 Å². The molecule has 11 nitrogen and oxygen atoms in total. The summed E-state index contributed by atoms with van der Waals surface area (Å²) >= 11 is 0. The zero-order valence-electron chi connectivity index (χ0n) is 25.1. The molecule has 0 spiro atoms. The summed E-state index contributed by atoms with van der Waals surface area (Å²) in [5.74, 6) is -0.208. The van der Waals surface area contributed by atoms with Crippen LogP contribution in [-0.2, 0) is 24.5 Å². The van der Waals surface area contributed by atoms with Crippen molar-refractivity contribution in [2.75, 3.05) is 32.8 Å². The molecule has 1 aliphatic heterocycles. The van der Waals surface area contributed by atoms with E-state index >= 15 is 0 Å². The van der Waals surface area contributed by atoms with Crippen LogP contribution < -0.4 is 15.4 Å². The highest BCUT2D eigenvalue weighted by Crippen LogP contribution is 2.28. The highest BCUT2D eigenvalue weighted by molar-refractivity contribution is 7.87. The molecule has 1 heterocycles. The predicted molar refractivity (Wildman–Crippen MR) is 159 cm³/mol. The highest BCUT2D eigenvalue weighted by Gasteiger charge is 2.31. The van der Waals surface area contributed by atoms with Crippen LogP contribution in [0.4, 0.5) is 0 Å². The molecule has 41 heavy (non-hydrogen) atoms. The quantitative estimate of drug-likeness (QED) is 0.112. The molecular weight excluding hydrogens is 548 g/mol. The molecule has 0 aromatic heterocycles. The van der Waals surface area contributed by atoms with Crippen LogP contribution in [-0.4, -0.2) is 91.9 Å². The SMILES string of the molecule is C=CC[C@H](NC(=O)CNS(=O)(=O)N1CCOCC1)C(=O)N[C@@H](CCCCCC1CCCCC1)[C@@H](O)[C@@H](O)CC(C)C. The molecule has 0 bridgehead atoms. The molecule has 12 heteroatoms. The fourth-order valence-electron chi connectivity index (χ4n) is 5.63. The van der Waals surface area contributed by atoms with Crippen LogP contribution in [0.5, 0.6) is 0 Å². The summed E-state index contributed by atoms with van der Waals surface area (Å²) < 4.78 is 33.6. The minimum atomic E-state index is -3.86. The van der Waals surface area contributed by atoms with E-state index in [1.807, 2.05) is 13.8 Å². The minimum absolute atomic E-state index is 0.118. The zero-order chi connectivity index (χ0) is 30.3. The third kappa shape index (κ3) is 13.5. The number of rotatable bonds is 19. The lowest BCUT2D eigenvalue weighted by atomic mass is 9.85. The van der Waals surface area contributed by atoms with Crippen molar-refractivity contribution in [3.8, 4) is 0 Å². The van der Waals surface area contributed by atoms with Gasteiger partial charge in [-0.2, -0.15) is 17.4 Å². The Labute approximate surface area is 247 Å². The van der Waals surface area contributed by atoms with E-state index in [9.17, 15) is 28.2 Å². The smallest absolute Gasteiger partial charge is 0.280 e. The lowest BCUT2D eigenvalue weighted by molar-refractivity contribution is -0.130. The monoisotopic (exact) mass is 602 g/mol. The molecule has 4 atom stereocenters. The first-order valence-electron chi connectivity index (χ1n) is 15.4. The van der Waals surface area contributed by atoms with Gasteiger partial charge in [-0.1, -0.05) is 77.7 Å². The number of aliphatic hydroxyl groups is 2. The second-order valence-electron chi connectivity index (χ2n) is 11.9. The molecule has 2 amide bonds. The van der Waals surface area contributed by atoms with Crippen molar-refractivity contribution >= 4 is 22.0 Å². The van der Waals surface area contributed by atoms with Crippen LogP contribution in [0.1, 0.15) is 90.9 Å². The van der Waals surface area contributed by atoms with Crippen molar-refractivity contribution in [1.82, 2.24) is 19.7 Å². The Morgan fingerprint density at radius 3 is 2.37 bits per heavy atom. The number of carbonyl (C=O) groups is 2. The van der Waals surface area contributed by atoms with Gasteiger partial charge in [0.1, 0.15) is 6.04 Å². The fraction of sp³-hybridized carbons (Fsp3) is 0.862. The van der Waals surface area contributed by atoms with Crippen LogP contribution >= 0.6 is 0 Å². The van der Waals surface area contributed by atoms with E-state index in [2.05, 4.69) is 21.9 Å². The van der Waals surface area contributed by atoms with Gasteiger partial charge in [-0.25, -0.2) is 0 Å². The number of nitrogens with one attached hydrogen (secondary N) is 3. The molecule has 2 fully saturated rings. The maximum Gasteiger partial charge on any atom is 0.280 e. The lowest BCUT2D eigenvalue weighted by Gasteiger charge is -2.30. The van der Waals surface area contributed by atoms with E-state index in [0.717, 1.165) is 25.2 Å². The Kier molecular flexibility index (Phi) is 16.4. The topological polar surface area (TPSA) is 157 Å². The molecule has 1 saturated carbocycles.